The molecule has 0 bridgehead atoms. The van der Waals surface area contributed by atoms with Crippen molar-refractivity contribution in [1.29, 1.82) is 0 Å². The Bertz CT molecular complexity index is 2410. The smallest absolute Gasteiger partial charge is 0.266 e. The highest BCUT2D eigenvalue weighted by atomic mass is 16.5. The van der Waals surface area contributed by atoms with Gasteiger partial charge in [-0.25, -0.2) is 0 Å². The number of benzene rings is 3. The molecule has 8 nitrogen and oxygen atoms in total. The molecule has 0 amide bonds. The van der Waals surface area contributed by atoms with Crippen LogP contribution in [0.2, 0.25) is 0 Å². The number of hydrogen-bond acceptors (Lipinski definition) is 8. The molecule has 0 saturated carbocycles. The average molecular weight is 722 g/mol. The van der Waals surface area contributed by atoms with Gasteiger partial charge < -0.3 is 23.8 Å². The number of Topliss-reactive ketones (excluding diaryl/α,β-unsaturated/α-hetero) is 2. The topological polar surface area (TPSA) is 108 Å². The van der Waals surface area contributed by atoms with Crippen LogP contribution in [0.25, 0.3) is 5.57 Å². The molecular weight excluding hydrogens is 679 g/mol. The lowest BCUT2D eigenvalue weighted by Gasteiger charge is -2.48. The lowest BCUT2D eigenvalue weighted by Crippen LogP contribution is -2.49. The van der Waals surface area contributed by atoms with Gasteiger partial charge in [-0.2, -0.15) is 0 Å². The number of allylic oxidation sites excluding steroid dienone is 4. The van der Waals surface area contributed by atoms with E-state index < -0.39 is 28.5 Å². The Kier molecular flexibility index (Phi) is 7.64. The molecule has 1 heterocycles. The second-order valence-corrected chi connectivity index (χ2v) is 16.1. The van der Waals surface area contributed by atoms with Crippen molar-refractivity contribution in [3.63, 3.8) is 0 Å². The minimum absolute atomic E-state index is 0.0516. The monoisotopic (exact) mass is 721 g/mol. The minimum atomic E-state index is -1.21. The third-order valence-corrected chi connectivity index (χ3v) is 12.9. The van der Waals surface area contributed by atoms with Gasteiger partial charge in [0.2, 0.25) is 11.6 Å². The maximum Gasteiger partial charge on any atom is 0.266 e. The van der Waals surface area contributed by atoms with Crippen molar-refractivity contribution in [2.45, 2.75) is 78.1 Å². The Labute approximate surface area is 314 Å². The molecule has 0 radical (unpaired) electrons. The minimum Gasteiger partial charge on any atom is -0.507 e. The molecule has 2 unspecified atom stereocenters. The maximum absolute atomic E-state index is 15.4. The Morgan fingerprint density at radius 2 is 1.56 bits per heavy atom. The average Bonchev–Trinajstić information content (AvgIpc) is 3.75. The fraction of sp³-hybridized carbons (Fsp3) is 0.326. The second-order valence-electron chi connectivity index (χ2n) is 16.1. The van der Waals surface area contributed by atoms with Crippen LogP contribution in [0.4, 0.5) is 0 Å². The summed E-state index contributed by atoms with van der Waals surface area (Å²) in [5.74, 6) is -1.07. The number of rotatable bonds is 7. The Morgan fingerprint density at radius 3 is 2.20 bits per heavy atom. The van der Waals surface area contributed by atoms with Crippen LogP contribution >= 0.6 is 0 Å². The summed E-state index contributed by atoms with van der Waals surface area (Å²) < 4.78 is 24.9. The van der Waals surface area contributed by atoms with Gasteiger partial charge in [0.15, 0.2) is 5.76 Å². The van der Waals surface area contributed by atoms with Gasteiger partial charge in [-0.05, 0) is 78.1 Å². The molecule has 274 valence electrons. The molecule has 4 aromatic rings. The molecule has 8 heteroatoms. The van der Waals surface area contributed by atoms with E-state index in [2.05, 4.69) is 45.0 Å². The van der Waals surface area contributed by atoms with E-state index in [1.165, 1.54) is 5.57 Å². The second kappa shape index (κ2) is 12.0. The number of methoxy groups -OCH3 is 1. The van der Waals surface area contributed by atoms with Crippen LogP contribution in [-0.4, -0.2) is 34.5 Å². The van der Waals surface area contributed by atoms with Crippen molar-refractivity contribution in [3.05, 3.63) is 152 Å². The number of aliphatic hydroxyl groups excluding tert-OH is 1. The number of hydrogen-bond donors (Lipinski definition) is 1. The van der Waals surface area contributed by atoms with E-state index in [9.17, 15) is 9.90 Å². The molecular formula is C46H43NO7. The quantitative estimate of drug-likeness (QED) is 0.188. The van der Waals surface area contributed by atoms with E-state index in [1.807, 2.05) is 73.7 Å². The van der Waals surface area contributed by atoms with Gasteiger partial charge in [-0.3, -0.25) is 9.59 Å². The SMILES string of the molecule is COC1(C)C2=C(C(=O)c3c(OCc4ccccc4)cc(C)c4c3C2=CC42C(C)=CCCC2(C)C)C(O)=C2C(=O)c3c(OCc4ccccc4)noc3C[C@@H]21. The summed E-state index contributed by atoms with van der Waals surface area (Å²) in [6.07, 6.45) is 6.75. The zero-order chi connectivity index (χ0) is 37.7. The normalized spacial score (nSPS) is 24.8. The van der Waals surface area contributed by atoms with Crippen molar-refractivity contribution in [1.82, 2.24) is 5.16 Å². The number of carbonyl (C=O) groups is 2. The molecule has 0 aliphatic heterocycles. The van der Waals surface area contributed by atoms with E-state index >= 15 is 4.79 Å². The standard InChI is InChI=1S/C46H43NO7/c1-25-20-31(52-23-27-15-9-7-10-16-27)35-33-29(22-46(38(25)33)26(2)14-13-19-44(46,3)4)39-37(42(35)50)41(49)34-30(45(39,5)51-6)21-32-36(40(34)48)43(47-54-32)53-24-28-17-11-8-12-18-28/h7-12,14-18,20,22,30,49H,13,19,21,23-24H2,1-6H3/t30-,45?,46?/m0/s1. The predicted octanol–water partition coefficient (Wildman–Crippen LogP) is 9.32. The maximum atomic E-state index is 15.4. The first kappa shape index (κ1) is 34.3. The molecule has 3 atom stereocenters. The predicted molar refractivity (Wildman–Crippen MR) is 204 cm³/mol. The summed E-state index contributed by atoms with van der Waals surface area (Å²) in [5.41, 5.74) is 6.19. The molecule has 1 aromatic heterocycles. The van der Waals surface area contributed by atoms with Gasteiger partial charge in [0, 0.05) is 41.6 Å². The number of ether oxygens (including phenoxy) is 3. The number of nitrogens with zero attached hydrogens (tertiary/aromatic N) is 1. The lowest BCUT2D eigenvalue weighted by atomic mass is 9.54. The molecule has 0 saturated heterocycles. The summed E-state index contributed by atoms with van der Waals surface area (Å²) >= 11 is 0. The van der Waals surface area contributed by atoms with E-state index in [-0.39, 0.29) is 53.4 Å². The fourth-order valence-corrected chi connectivity index (χ4v) is 10.1. The highest BCUT2D eigenvalue weighted by molar-refractivity contribution is 6.25. The number of carbonyl (C=O) groups excluding carboxylic acids is 2. The van der Waals surface area contributed by atoms with Gasteiger partial charge in [-0.15, -0.1) is 0 Å². The molecule has 3 aromatic carbocycles. The Morgan fingerprint density at radius 1 is 0.889 bits per heavy atom. The zero-order valence-electron chi connectivity index (χ0n) is 31.5. The van der Waals surface area contributed by atoms with Crippen molar-refractivity contribution >= 4 is 17.1 Å². The van der Waals surface area contributed by atoms with E-state index in [4.69, 9.17) is 18.7 Å². The van der Waals surface area contributed by atoms with Crippen LogP contribution in [0.5, 0.6) is 11.6 Å². The Balaban J connectivity index is 1.26. The van der Waals surface area contributed by atoms with Crippen molar-refractivity contribution in [3.8, 4) is 11.6 Å². The number of ketones is 2. The van der Waals surface area contributed by atoms with Crippen molar-refractivity contribution < 1.29 is 33.4 Å². The van der Waals surface area contributed by atoms with Crippen LogP contribution < -0.4 is 9.47 Å². The van der Waals surface area contributed by atoms with Gasteiger partial charge in [-0.1, -0.05) is 92.2 Å². The van der Waals surface area contributed by atoms with E-state index in [1.54, 1.807) is 7.11 Å². The lowest BCUT2D eigenvalue weighted by molar-refractivity contribution is -0.00460. The molecule has 5 aliphatic rings. The van der Waals surface area contributed by atoms with Gasteiger partial charge >= 0.3 is 0 Å². The summed E-state index contributed by atoms with van der Waals surface area (Å²) in [6, 6.07) is 21.4. The van der Waals surface area contributed by atoms with Crippen molar-refractivity contribution in [2.24, 2.45) is 11.3 Å². The third-order valence-electron chi connectivity index (χ3n) is 12.9. The van der Waals surface area contributed by atoms with Crippen LogP contribution in [0.15, 0.2) is 111 Å². The molecule has 0 fully saturated rings. The van der Waals surface area contributed by atoms with Crippen LogP contribution in [0, 0.1) is 18.3 Å². The Hall–Kier alpha value is -5.47. The molecule has 54 heavy (non-hydrogen) atoms. The van der Waals surface area contributed by atoms with E-state index in [0.29, 0.717) is 22.6 Å². The highest BCUT2D eigenvalue weighted by Crippen LogP contribution is 2.66. The summed E-state index contributed by atoms with van der Waals surface area (Å²) in [6.45, 7) is 11.2. The first-order chi connectivity index (χ1) is 25.9. The van der Waals surface area contributed by atoms with Gasteiger partial charge in [0.25, 0.3) is 5.88 Å². The highest BCUT2D eigenvalue weighted by Gasteiger charge is 2.61. The number of fused-ring (bicyclic) bond motifs is 4. The van der Waals surface area contributed by atoms with Crippen LogP contribution in [0.1, 0.15) is 94.8 Å². The molecule has 9 rings (SSSR count). The van der Waals surface area contributed by atoms with E-state index in [0.717, 1.165) is 46.2 Å². The largest absolute Gasteiger partial charge is 0.507 e. The van der Waals surface area contributed by atoms with Crippen molar-refractivity contribution in [2.75, 3.05) is 7.11 Å². The zero-order valence-corrected chi connectivity index (χ0v) is 31.5. The van der Waals surface area contributed by atoms with Crippen LogP contribution in [0.3, 0.4) is 0 Å². The van der Waals surface area contributed by atoms with Gasteiger partial charge in [0.05, 0.1) is 16.7 Å². The van der Waals surface area contributed by atoms with Crippen LogP contribution in [-0.2, 0) is 29.8 Å². The number of aromatic nitrogens is 1. The summed E-state index contributed by atoms with van der Waals surface area (Å²) in [5, 5.41) is 16.6. The van der Waals surface area contributed by atoms with Gasteiger partial charge in [0.1, 0.15) is 30.3 Å². The third kappa shape index (κ3) is 4.55. The first-order valence-corrected chi connectivity index (χ1v) is 18.7. The summed E-state index contributed by atoms with van der Waals surface area (Å²) in [4.78, 5) is 30.0. The number of aryl methyl sites for hydroxylation is 1. The fourth-order valence-electron chi connectivity index (χ4n) is 10.1. The molecule has 1 N–H and O–H groups in total. The number of aliphatic hydroxyl groups is 1. The molecule has 5 aliphatic carbocycles. The molecule has 1 spiro atoms. The summed E-state index contributed by atoms with van der Waals surface area (Å²) in [7, 11) is 1.60. The first-order valence-electron chi connectivity index (χ1n) is 18.7.